The summed E-state index contributed by atoms with van der Waals surface area (Å²) in [4.78, 5) is 9.15. The number of anilines is 10. The van der Waals surface area contributed by atoms with Gasteiger partial charge in [-0.1, -0.05) is 149 Å². The molecule has 0 unspecified atom stereocenters. The molecule has 12 aromatic carbocycles. The van der Waals surface area contributed by atoms with Crippen molar-refractivity contribution in [2.45, 2.75) is 34.6 Å². The van der Waals surface area contributed by atoms with Crippen LogP contribution in [0.2, 0.25) is 0 Å². The SMILES string of the molecule is Cc1ccc(N(C)c2ccc(N(c3ccc(C)cc3)c3ccc(C)cc3)cc2)cc1.Cc1ccc(N(c2ccc(C)cc2)c2ccc(N(C)c3ccc4c5cccc6cccc(c7cccc3c74)c65)cc2)cc1. The summed E-state index contributed by atoms with van der Waals surface area (Å²) in [5.41, 5.74) is 17.9. The molecular formula is C69H60N4. The van der Waals surface area contributed by atoms with Crippen molar-refractivity contribution < 1.29 is 0 Å². The van der Waals surface area contributed by atoms with E-state index in [1.165, 1.54) is 82.3 Å². The second-order valence-electron chi connectivity index (χ2n) is 19.6. The summed E-state index contributed by atoms with van der Waals surface area (Å²) in [5.74, 6) is 0. The predicted octanol–water partition coefficient (Wildman–Crippen LogP) is 19.4. The number of hydrogen-bond donors (Lipinski definition) is 0. The highest BCUT2D eigenvalue weighted by Crippen LogP contribution is 2.45. The van der Waals surface area contributed by atoms with Gasteiger partial charge >= 0.3 is 0 Å². The van der Waals surface area contributed by atoms with Gasteiger partial charge in [-0.05, 0) is 188 Å². The van der Waals surface area contributed by atoms with Crippen LogP contribution in [0.5, 0.6) is 0 Å². The third-order valence-electron chi connectivity index (χ3n) is 14.4. The second-order valence-corrected chi connectivity index (χ2v) is 19.6. The summed E-state index contributed by atoms with van der Waals surface area (Å²) in [6.45, 7) is 10.6. The van der Waals surface area contributed by atoms with E-state index in [9.17, 15) is 0 Å². The molecule has 12 aromatic rings. The molecule has 0 N–H and O–H groups in total. The number of rotatable bonds is 10. The third-order valence-corrected chi connectivity index (χ3v) is 14.4. The zero-order valence-electron chi connectivity index (χ0n) is 42.8. The lowest BCUT2D eigenvalue weighted by Crippen LogP contribution is -2.12. The van der Waals surface area contributed by atoms with Gasteiger partial charge in [0.05, 0.1) is 0 Å². The van der Waals surface area contributed by atoms with Crippen LogP contribution in [0, 0.1) is 34.6 Å². The lowest BCUT2D eigenvalue weighted by molar-refractivity contribution is 1.20. The molecule has 0 spiro atoms. The summed E-state index contributed by atoms with van der Waals surface area (Å²) in [5, 5.41) is 10.5. The molecule has 0 aliphatic heterocycles. The molecule has 0 atom stereocenters. The Hall–Kier alpha value is -8.86. The lowest BCUT2D eigenvalue weighted by Gasteiger charge is -2.27. The average Bonchev–Trinajstić information content (AvgIpc) is 3.43. The van der Waals surface area contributed by atoms with Crippen molar-refractivity contribution >= 4 is 100.0 Å². The minimum atomic E-state index is 1.13. The van der Waals surface area contributed by atoms with Gasteiger partial charge in [-0.3, -0.25) is 0 Å². The highest BCUT2D eigenvalue weighted by atomic mass is 15.2. The van der Waals surface area contributed by atoms with Crippen molar-refractivity contribution in [1.82, 2.24) is 0 Å². The Bertz CT molecular complexity index is 3680. The summed E-state index contributed by atoms with van der Waals surface area (Å²) in [6.07, 6.45) is 0. The molecule has 73 heavy (non-hydrogen) atoms. The first-order valence-corrected chi connectivity index (χ1v) is 25.3. The standard InChI is InChI=1S/C41H32N2.C28H28N2/c1-27-13-17-31(18-14-27)43(32-19-15-28(2)16-20-32)33-23-21-30(22-24-33)42(3)39-26-25-37-35-10-5-8-29-7-4-9-34(40(29)35)36-11-6-12-38(39)41(36)37;1-21-5-11-24(12-6-21)29(4)25-17-19-28(20-18-25)30(26-13-7-22(2)8-14-26)27-15-9-23(3)10-16-27/h4-26H,1-3H3;5-20H,1-4H3. The van der Waals surface area contributed by atoms with Gasteiger partial charge in [0.25, 0.3) is 0 Å². The first kappa shape index (κ1) is 46.5. The Labute approximate surface area is 430 Å². The fourth-order valence-electron chi connectivity index (χ4n) is 10.3. The van der Waals surface area contributed by atoms with E-state index in [4.69, 9.17) is 0 Å². The smallest absolute Gasteiger partial charge is 0.0488 e. The Morgan fingerprint density at radius 1 is 0.219 bits per heavy atom. The topological polar surface area (TPSA) is 13.0 Å². The maximum Gasteiger partial charge on any atom is 0.0488 e. The Morgan fingerprint density at radius 2 is 0.479 bits per heavy atom. The molecule has 0 aromatic heterocycles. The van der Waals surface area contributed by atoms with E-state index in [0.29, 0.717) is 0 Å². The normalized spacial score (nSPS) is 11.2. The number of hydrogen-bond acceptors (Lipinski definition) is 4. The summed E-state index contributed by atoms with van der Waals surface area (Å²) in [6, 6.07) is 85.9. The molecule has 0 bridgehead atoms. The fraction of sp³-hybridized carbons (Fsp3) is 0.101. The average molecular weight is 945 g/mol. The van der Waals surface area contributed by atoms with Gasteiger partial charge in [-0.2, -0.15) is 0 Å². The van der Waals surface area contributed by atoms with Gasteiger partial charge in [-0.25, -0.2) is 0 Å². The van der Waals surface area contributed by atoms with Gasteiger partial charge in [-0.15, -0.1) is 0 Å². The van der Waals surface area contributed by atoms with Crippen LogP contribution in [0.15, 0.2) is 237 Å². The minimum absolute atomic E-state index is 1.13. The van der Waals surface area contributed by atoms with Crippen LogP contribution < -0.4 is 19.6 Å². The van der Waals surface area contributed by atoms with Crippen LogP contribution in [0.1, 0.15) is 27.8 Å². The molecule has 0 saturated carbocycles. The Kier molecular flexibility index (Phi) is 12.6. The zero-order valence-corrected chi connectivity index (χ0v) is 42.8. The largest absolute Gasteiger partial charge is 0.345 e. The zero-order chi connectivity index (χ0) is 50.2. The van der Waals surface area contributed by atoms with E-state index in [2.05, 4.69) is 305 Å². The van der Waals surface area contributed by atoms with Gasteiger partial charge in [0.2, 0.25) is 0 Å². The van der Waals surface area contributed by atoms with Gasteiger partial charge in [0.15, 0.2) is 0 Å². The quantitative estimate of drug-likeness (QED) is 0.100. The molecule has 0 aliphatic rings. The van der Waals surface area contributed by atoms with E-state index in [1.807, 2.05) is 0 Å². The monoisotopic (exact) mass is 944 g/mol. The van der Waals surface area contributed by atoms with E-state index in [0.717, 1.165) is 45.5 Å². The Morgan fingerprint density at radius 3 is 0.849 bits per heavy atom. The molecule has 0 aliphatic carbocycles. The fourth-order valence-corrected chi connectivity index (χ4v) is 10.3. The molecule has 12 rings (SSSR count). The lowest BCUT2D eigenvalue weighted by atomic mass is 9.89. The number of fused-ring (bicyclic) bond motifs is 2. The van der Waals surface area contributed by atoms with E-state index in [-0.39, 0.29) is 0 Å². The summed E-state index contributed by atoms with van der Waals surface area (Å²) >= 11 is 0. The highest BCUT2D eigenvalue weighted by molar-refractivity contribution is 6.34. The van der Waals surface area contributed by atoms with E-state index < -0.39 is 0 Å². The van der Waals surface area contributed by atoms with Crippen molar-refractivity contribution in [2.75, 3.05) is 33.7 Å². The molecule has 0 radical (unpaired) electrons. The van der Waals surface area contributed by atoms with Crippen LogP contribution in [0.3, 0.4) is 0 Å². The molecule has 0 heterocycles. The molecule has 4 nitrogen and oxygen atoms in total. The molecule has 0 fully saturated rings. The third kappa shape index (κ3) is 9.20. The van der Waals surface area contributed by atoms with Crippen molar-refractivity contribution in [3.8, 4) is 0 Å². The maximum atomic E-state index is 2.32. The van der Waals surface area contributed by atoms with Crippen LogP contribution in [0.4, 0.5) is 56.9 Å². The van der Waals surface area contributed by atoms with Crippen molar-refractivity contribution in [1.29, 1.82) is 0 Å². The van der Waals surface area contributed by atoms with Crippen molar-refractivity contribution in [2.24, 2.45) is 0 Å². The van der Waals surface area contributed by atoms with Crippen molar-refractivity contribution in [3.63, 3.8) is 0 Å². The van der Waals surface area contributed by atoms with Gasteiger partial charge in [0.1, 0.15) is 0 Å². The van der Waals surface area contributed by atoms with Crippen LogP contribution in [0.25, 0.3) is 43.1 Å². The Balaban J connectivity index is 0.000000168. The van der Waals surface area contributed by atoms with Crippen LogP contribution in [-0.4, -0.2) is 14.1 Å². The molecule has 4 heteroatoms. The first-order valence-electron chi connectivity index (χ1n) is 25.3. The molecule has 0 amide bonds. The highest BCUT2D eigenvalue weighted by Gasteiger charge is 2.19. The summed E-state index contributed by atoms with van der Waals surface area (Å²) in [7, 11) is 4.28. The molecule has 0 saturated heterocycles. The maximum absolute atomic E-state index is 2.32. The van der Waals surface area contributed by atoms with Crippen LogP contribution >= 0.6 is 0 Å². The minimum Gasteiger partial charge on any atom is -0.345 e. The number of benzene rings is 12. The van der Waals surface area contributed by atoms with Crippen molar-refractivity contribution in [3.05, 3.63) is 264 Å². The molecule has 356 valence electrons. The first-order chi connectivity index (χ1) is 35.6. The number of aryl methyl sites for hydroxylation is 5. The van der Waals surface area contributed by atoms with Crippen LogP contribution in [-0.2, 0) is 0 Å². The second kappa shape index (κ2) is 19.7. The van der Waals surface area contributed by atoms with E-state index in [1.54, 1.807) is 0 Å². The van der Waals surface area contributed by atoms with E-state index >= 15 is 0 Å². The molecular weight excluding hydrogens is 885 g/mol. The predicted molar refractivity (Wildman–Crippen MR) is 316 cm³/mol. The van der Waals surface area contributed by atoms with Gasteiger partial charge in [0, 0.05) is 76.4 Å². The van der Waals surface area contributed by atoms with Gasteiger partial charge < -0.3 is 19.6 Å². The number of nitrogens with zero attached hydrogens (tertiary/aromatic N) is 4. The summed E-state index contributed by atoms with van der Waals surface area (Å²) < 4.78 is 0.